The zero-order valence-electron chi connectivity index (χ0n) is 13.5. The molecule has 0 aromatic carbocycles. The molecule has 0 spiro atoms. The molecule has 24 heavy (non-hydrogen) atoms. The van der Waals surface area contributed by atoms with Gasteiger partial charge in [0, 0.05) is 37.7 Å². The van der Waals surface area contributed by atoms with Gasteiger partial charge in [0.2, 0.25) is 0 Å². The van der Waals surface area contributed by atoms with E-state index in [1.807, 2.05) is 15.8 Å². The number of likely N-dealkylation sites (tertiary alicyclic amines) is 1. The maximum Gasteiger partial charge on any atom is 0.254 e. The lowest BCUT2D eigenvalue weighted by atomic mass is 10.2. The first-order valence-electron chi connectivity index (χ1n) is 8.47. The third-order valence-corrected chi connectivity index (χ3v) is 4.61. The SMILES string of the molecule is O=C(c1ccncc1)N1CCC(n2cc(COCC3CC3)nn2)C1. The highest BCUT2D eigenvalue weighted by atomic mass is 16.5. The van der Waals surface area contributed by atoms with E-state index in [4.69, 9.17) is 4.74 Å². The van der Waals surface area contributed by atoms with Gasteiger partial charge in [-0.05, 0) is 37.3 Å². The predicted molar refractivity (Wildman–Crippen MR) is 86.2 cm³/mol. The average molecular weight is 327 g/mol. The first-order valence-corrected chi connectivity index (χ1v) is 8.47. The van der Waals surface area contributed by atoms with Crippen molar-refractivity contribution in [3.8, 4) is 0 Å². The first kappa shape index (κ1) is 15.3. The normalized spacial score (nSPS) is 20.5. The van der Waals surface area contributed by atoms with E-state index in [9.17, 15) is 4.79 Å². The van der Waals surface area contributed by atoms with Crippen molar-refractivity contribution in [2.45, 2.75) is 31.9 Å². The van der Waals surface area contributed by atoms with Gasteiger partial charge in [0.15, 0.2) is 0 Å². The Morgan fingerprint density at radius 1 is 1.25 bits per heavy atom. The largest absolute Gasteiger partial charge is 0.375 e. The van der Waals surface area contributed by atoms with Gasteiger partial charge in [-0.15, -0.1) is 5.10 Å². The highest BCUT2D eigenvalue weighted by Gasteiger charge is 2.29. The van der Waals surface area contributed by atoms with E-state index in [1.54, 1.807) is 24.5 Å². The highest BCUT2D eigenvalue weighted by molar-refractivity contribution is 5.94. The number of carbonyl (C=O) groups excluding carboxylic acids is 1. The Bertz CT molecular complexity index is 698. The van der Waals surface area contributed by atoms with E-state index in [0.29, 0.717) is 18.7 Å². The van der Waals surface area contributed by atoms with Crippen molar-refractivity contribution in [1.82, 2.24) is 24.9 Å². The third kappa shape index (κ3) is 3.46. The topological polar surface area (TPSA) is 73.1 Å². The minimum absolute atomic E-state index is 0.0491. The molecule has 2 fully saturated rings. The Balaban J connectivity index is 1.32. The van der Waals surface area contributed by atoms with Crippen LogP contribution in [0.25, 0.3) is 0 Å². The second-order valence-corrected chi connectivity index (χ2v) is 6.58. The van der Waals surface area contributed by atoms with Crippen molar-refractivity contribution in [2.24, 2.45) is 5.92 Å². The summed E-state index contributed by atoms with van der Waals surface area (Å²) in [6.45, 7) is 2.74. The van der Waals surface area contributed by atoms with Crippen molar-refractivity contribution in [1.29, 1.82) is 0 Å². The van der Waals surface area contributed by atoms with Crippen LogP contribution in [0, 0.1) is 5.92 Å². The number of rotatable bonds is 6. The van der Waals surface area contributed by atoms with E-state index in [1.165, 1.54) is 12.8 Å². The van der Waals surface area contributed by atoms with Crippen LogP contribution in [0.15, 0.2) is 30.7 Å². The monoisotopic (exact) mass is 327 g/mol. The molecule has 7 heteroatoms. The smallest absolute Gasteiger partial charge is 0.254 e. The number of carbonyl (C=O) groups is 1. The van der Waals surface area contributed by atoms with Gasteiger partial charge in [0.25, 0.3) is 5.91 Å². The van der Waals surface area contributed by atoms with Gasteiger partial charge in [-0.3, -0.25) is 9.78 Å². The fourth-order valence-corrected chi connectivity index (χ4v) is 2.99. The molecule has 1 saturated heterocycles. The van der Waals surface area contributed by atoms with Gasteiger partial charge < -0.3 is 9.64 Å². The molecule has 1 unspecified atom stereocenters. The van der Waals surface area contributed by atoms with Crippen LogP contribution >= 0.6 is 0 Å². The Kier molecular flexibility index (Phi) is 4.25. The molecule has 1 atom stereocenters. The van der Waals surface area contributed by atoms with E-state index in [0.717, 1.165) is 31.2 Å². The van der Waals surface area contributed by atoms with Crippen LogP contribution in [0.2, 0.25) is 0 Å². The van der Waals surface area contributed by atoms with Gasteiger partial charge in [0.05, 0.1) is 18.8 Å². The molecule has 1 saturated carbocycles. The number of aromatic nitrogens is 4. The van der Waals surface area contributed by atoms with Gasteiger partial charge in [-0.25, -0.2) is 4.68 Å². The second-order valence-electron chi connectivity index (χ2n) is 6.58. The van der Waals surface area contributed by atoms with E-state index in [-0.39, 0.29) is 11.9 Å². The summed E-state index contributed by atoms with van der Waals surface area (Å²) in [5.41, 5.74) is 1.54. The van der Waals surface area contributed by atoms with Crippen LogP contribution in [0.3, 0.4) is 0 Å². The van der Waals surface area contributed by atoms with E-state index < -0.39 is 0 Å². The zero-order valence-corrected chi connectivity index (χ0v) is 13.5. The molecule has 1 aliphatic heterocycles. The molecule has 2 aromatic heterocycles. The summed E-state index contributed by atoms with van der Waals surface area (Å²) in [7, 11) is 0. The summed E-state index contributed by atoms with van der Waals surface area (Å²) in [5, 5.41) is 8.40. The Labute approximate surface area is 140 Å². The van der Waals surface area contributed by atoms with Crippen molar-refractivity contribution in [2.75, 3.05) is 19.7 Å². The second kappa shape index (κ2) is 6.68. The molecule has 126 valence electrons. The molecule has 7 nitrogen and oxygen atoms in total. The van der Waals surface area contributed by atoms with Crippen LogP contribution in [0.1, 0.15) is 41.4 Å². The van der Waals surface area contributed by atoms with Gasteiger partial charge in [0.1, 0.15) is 5.69 Å². The quantitative estimate of drug-likeness (QED) is 0.807. The van der Waals surface area contributed by atoms with Crippen LogP contribution in [-0.4, -0.2) is 50.5 Å². The Morgan fingerprint density at radius 2 is 2.08 bits per heavy atom. The molecule has 0 N–H and O–H groups in total. The maximum atomic E-state index is 12.5. The average Bonchev–Trinajstić information content (AvgIpc) is 3.12. The molecular weight excluding hydrogens is 306 g/mol. The molecule has 1 amide bonds. The van der Waals surface area contributed by atoms with Gasteiger partial charge in [-0.2, -0.15) is 0 Å². The minimum atomic E-state index is 0.0491. The molecule has 1 aliphatic carbocycles. The number of ether oxygens (including phenoxy) is 1. The number of nitrogens with zero attached hydrogens (tertiary/aromatic N) is 5. The van der Waals surface area contributed by atoms with Crippen LogP contribution in [0.4, 0.5) is 0 Å². The first-order chi connectivity index (χ1) is 11.8. The van der Waals surface area contributed by atoms with Crippen molar-refractivity contribution >= 4 is 5.91 Å². The molecule has 2 aliphatic rings. The summed E-state index contributed by atoms with van der Waals surface area (Å²) in [6, 6.07) is 3.68. The third-order valence-electron chi connectivity index (χ3n) is 4.61. The molecule has 4 rings (SSSR count). The molecule has 3 heterocycles. The Hall–Kier alpha value is -2.28. The minimum Gasteiger partial charge on any atom is -0.375 e. The lowest BCUT2D eigenvalue weighted by Crippen LogP contribution is -2.29. The van der Waals surface area contributed by atoms with Crippen molar-refractivity contribution < 1.29 is 9.53 Å². The number of hydrogen-bond acceptors (Lipinski definition) is 5. The summed E-state index contributed by atoms with van der Waals surface area (Å²) in [4.78, 5) is 18.3. The van der Waals surface area contributed by atoms with Gasteiger partial charge in [-0.1, -0.05) is 5.21 Å². The summed E-state index contributed by atoms with van der Waals surface area (Å²) in [6.07, 6.45) is 8.70. The summed E-state index contributed by atoms with van der Waals surface area (Å²) < 4.78 is 7.52. The summed E-state index contributed by atoms with van der Waals surface area (Å²) >= 11 is 0. The highest BCUT2D eigenvalue weighted by Crippen LogP contribution is 2.29. The fraction of sp³-hybridized carbons (Fsp3) is 0.529. The van der Waals surface area contributed by atoms with Crippen LogP contribution in [0.5, 0.6) is 0 Å². The standard InChI is InChI=1S/C17H21N5O2/c23-17(14-3-6-18-7-4-14)21-8-5-16(10-21)22-9-15(19-20-22)12-24-11-13-1-2-13/h3-4,6-7,9,13,16H,1-2,5,8,10-12H2. The predicted octanol–water partition coefficient (Wildman–Crippen LogP) is 1.69. The number of amides is 1. The van der Waals surface area contributed by atoms with Crippen molar-refractivity contribution in [3.63, 3.8) is 0 Å². The molecule has 0 bridgehead atoms. The number of pyridine rings is 1. The van der Waals surface area contributed by atoms with Crippen LogP contribution in [-0.2, 0) is 11.3 Å². The summed E-state index contributed by atoms with van der Waals surface area (Å²) in [5.74, 6) is 0.802. The maximum absolute atomic E-state index is 12.5. The van der Waals surface area contributed by atoms with E-state index >= 15 is 0 Å². The lowest BCUT2D eigenvalue weighted by Gasteiger charge is -2.16. The van der Waals surface area contributed by atoms with E-state index in [2.05, 4.69) is 15.3 Å². The van der Waals surface area contributed by atoms with Gasteiger partial charge >= 0.3 is 0 Å². The lowest BCUT2D eigenvalue weighted by molar-refractivity contribution is 0.0787. The molecule has 0 radical (unpaired) electrons. The molecule has 2 aromatic rings. The fourth-order valence-electron chi connectivity index (χ4n) is 2.99. The Morgan fingerprint density at radius 3 is 2.88 bits per heavy atom. The van der Waals surface area contributed by atoms with Crippen LogP contribution < -0.4 is 0 Å². The van der Waals surface area contributed by atoms with Crippen molar-refractivity contribution in [3.05, 3.63) is 42.0 Å². The zero-order chi connectivity index (χ0) is 16.4. The molecular formula is C17H21N5O2. The number of hydrogen-bond donors (Lipinski definition) is 0.